The monoisotopic (exact) mass is 294 g/mol. The maximum atomic E-state index is 10.9. The van der Waals surface area contributed by atoms with E-state index in [2.05, 4.69) is 11.9 Å². The van der Waals surface area contributed by atoms with E-state index in [1.54, 1.807) is 25.0 Å². The fourth-order valence-electron chi connectivity index (χ4n) is 2.19. The normalized spacial score (nSPS) is 23.5. The Labute approximate surface area is 123 Å². The Morgan fingerprint density at radius 2 is 2.16 bits per heavy atom. The van der Waals surface area contributed by atoms with Crippen LogP contribution in [0, 0.1) is 0 Å². The van der Waals surface area contributed by atoms with E-state index >= 15 is 0 Å². The van der Waals surface area contributed by atoms with E-state index in [0.29, 0.717) is 5.75 Å². The smallest absolute Gasteiger partial charge is 0.175 e. The lowest BCUT2D eigenvalue weighted by Gasteiger charge is -2.34. The van der Waals surface area contributed by atoms with E-state index in [-0.39, 0.29) is 0 Å². The van der Waals surface area contributed by atoms with Gasteiger partial charge in [-0.15, -0.1) is 0 Å². The summed E-state index contributed by atoms with van der Waals surface area (Å²) >= 11 is 6.87. The summed E-state index contributed by atoms with van der Waals surface area (Å²) in [5, 5.41) is 10.9. The zero-order valence-corrected chi connectivity index (χ0v) is 12.8. The highest BCUT2D eigenvalue weighted by Gasteiger charge is 2.43. The summed E-state index contributed by atoms with van der Waals surface area (Å²) in [4.78, 5) is 5.91. The predicted octanol–water partition coefficient (Wildman–Crippen LogP) is 2.62. The summed E-state index contributed by atoms with van der Waals surface area (Å²) in [6.07, 6.45) is 2.76. The first-order valence-electron chi connectivity index (χ1n) is 6.31. The van der Waals surface area contributed by atoms with Gasteiger partial charge in [-0.05, 0) is 12.0 Å². The molecule has 0 bridgehead atoms. The van der Waals surface area contributed by atoms with Crippen LogP contribution in [0.3, 0.4) is 0 Å². The van der Waals surface area contributed by atoms with Gasteiger partial charge in [-0.25, -0.2) is 0 Å². The minimum Gasteiger partial charge on any atom is -0.366 e. The summed E-state index contributed by atoms with van der Waals surface area (Å²) in [6.45, 7) is 2.87. The number of nitrogens with zero attached hydrogens (tertiary/aromatic N) is 2. The van der Waals surface area contributed by atoms with Crippen LogP contribution in [-0.2, 0) is 5.72 Å². The van der Waals surface area contributed by atoms with E-state index in [0.717, 1.165) is 28.4 Å². The van der Waals surface area contributed by atoms with Gasteiger partial charge in [0.2, 0.25) is 0 Å². The summed E-state index contributed by atoms with van der Waals surface area (Å²) in [5.41, 5.74) is 0.950. The number of benzene rings is 1. The highest BCUT2D eigenvalue weighted by molar-refractivity contribution is 8.23. The van der Waals surface area contributed by atoms with Crippen molar-refractivity contribution in [3.05, 3.63) is 35.4 Å². The lowest BCUT2D eigenvalue weighted by Crippen LogP contribution is -2.44. The van der Waals surface area contributed by atoms with Crippen molar-refractivity contribution in [1.29, 1.82) is 0 Å². The lowest BCUT2D eigenvalue weighted by molar-refractivity contribution is -0.0464. The van der Waals surface area contributed by atoms with Gasteiger partial charge in [0, 0.05) is 25.4 Å². The molecule has 1 heterocycles. The van der Waals surface area contributed by atoms with Crippen molar-refractivity contribution < 1.29 is 5.11 Å². The fourth-order valence-corrected chi connectivity index (χ4v) is 3.66. The first-order chi connectivity index (χ1) is 9.11. The Kier molecular flexibility index (Phi) is 4.60. The van der Waals surface area contributed by atoms with Gasteiger partial charge in [-0.3, -0.25) is 4.99 Å². The van der Waals surface area contributed by atoms with Crippen molar-refractivity contribution in [1.82, 2.24) is 4.90 Å². The van der Waals surface area contributed by atoms with Crippen LogP contribution in [0.5, 0.6) is 0 Å². The van der Waals surface area contributed by atoms with Crippen molar-refractivity contribution in [2.75, 3.05) is 19.3 Å². The maximum Gasteiger partial charge on any atom is 0.175 e. The van der Waals surface area contributed by atoms with Gasteiger partial charge in [-0.1, -0.05) is 55.2 Å². The van der Waals surface area contributed by atoms with Crippen LogP contribution in [0.25, 0.3) is 0 Å². The van der Waals surface area contributed by atoms with Crippen LogP contribution in [0.4, 0.5) is 0 Å². The van der Waals surface area contributed by atoms with E-state index in [1.165, 1.54) is 0 Å². The molecular weight excluding hydrogens is 276 g/mol. The second kappa shape index (κ2) is 6.03. The third-order valence-electron chi connectivity index (χ3n) is 3.16. The van der Waals surface area contributed by atoms with Crippen LogP contribution in [0.15, 0.2) is 29.3 Å². The van der Waals surface area contributed by atoms with Crippen LogP contribution in [0.1, 0.15) is 24.5 Å². The second-order valence-electron chi connectivity index (χ2n) is 4.53. The summed E-state index contributed by atoms with van der Waals surface area (Å²) < 4.78 is 0.781. The quantitative estimate of drug-likeness (QED) is 0.684. The molecule has 0 aromatic heterocycles. The summed E-state index contributed by atoms with van der Waals surface area (Å²) in [5.74, 6) is 0.590. The van der Waals surface area contributed by atoms with E-state index < -0.39 is 5.72 Å². The van der Waals surface area contributed by atoms with Crippen LogP contribution < -0.4 is 0 Å². The Hall–Kier alpha value is -0.910. The summed E-state index contributed by atoms with van der Waals surface area (Å²) in [6, 6.07) is 7.84. The molecule has 2 rings (SSSR count). The van der Waals surface area contributed by atoms with E-state index in [4.69, 9.17) is 12.2 Å². The molecule has 0 amide bonds. The van der Waals surface area contributed by atoms with Crippen molar-refractivity contribution in [3.8, 4) is 0 Å². The van der Waals surface area contributed by atoms with Gasteiger partial charge >= 0.3 is 0 Å². The first kappa shape index (κ1) is 14.5. The molecule has 1 aromatic rings. The van der Waals surface area contributed by atoms with Crippen molar-refractivity contribution in [2.45, 2.75) is 19.1 Å². The van der Waals surface area contributed by atoms with Gasteiger partial charge in [0.25, 0.3) is 0 Å². The zero-order chi connectivity index (χ0) is 13.9. The number of thiocarbonyl (C=S) groups is 1. The van der Waals surface area contributed by atoms with Gasteiger partial charge in [0.05, 0.1) is 5.75 Å². The Morgan fingerprint density at radius 1 is 1.47 bits per heavy atom. The highest BCUT2D eigenvalue weighted by Crippen LogP contribution is 2.39. The Balaban J connectivity index is 2.30. The van der Waals surface area contributed by atoms with Gasteiger partial charge < -0.3 is 10.0 Å². The minimum atomic E-state index is -0.973. The molecule has 102 valence electrons. The molecule has 1 aliphatic rings. The molecule has 19 heavy (non-hydrogen) atoms. The molecule has 1 fully saturated rings. The highest BCUT2D eigenvalue weighted by atomic mass is 32.2. The molecule has 1 atom stereocenters. The van der Waals surface area contributed by atoms with Crippen LogP contribution in [0.2, 0.25) is 0 Å². The second-order valence-corrected chi connectivity index (χ2v) is 6.14. The van der Waals surface area contributed by atoms with E-state index in [9.17, 15) is 5.11 Å². The fraction of sp³-hybridized carbons (Fsp3) is 0.429. The van der Waals surface area contributed by atoms with Crippen LogP contribution in [-0.4, -0.2) is 39.9 Å². The third kappa shape index (κ3) is 2.83. The SMILES string of the molecule is CCCN1C(=S)SCC1(O)c1ccc(/C=N\C)cc1. The van der Waals surface area contributed by atoms with Crippen LogP contribution >= 0.6 is 24.0 Å². The minimum absolute atomic E-state index is 0.590. The van der Waals surface area contributed by atoms with E-state index in [1.807, 2.05) is 29.2 Å². The van der Waals surface area contributed by atoms with Crippen molar-refractivity contribution in [2.24, 2.45) is 4.99 Å². The number of rotatable bonds is 4. The third-order valence-corrected chi connectivity index (χ3v) is 4.75. The molecule has 3 nitrogen and oxygen atoms in total. The molecule has 1 aliphatic heterocycles. The number of thioether (sulfide) groups is 1. The lowest BCUT2D eigenvalue weighted by atomic mass is 10.0. The molecule has 0 radical (unpaired) electrons. The molecular formula is C14H18N2OS2. The molecule has 0 saturated carbocycles. The standard InChI is InChI=1S/C14H18N2OS2/c1-3-8-16-13(18)19-10-14(16,17)12-6-4-11(5-7-12)9-15-2/h4-7,9,17H,3,8,10H2,1-2H3/b15-9-. The van der Waals surface area contributed by atoms with Gasteiger partial charge in [0.1, 0.15) is 4.32 Å². The largest absolute Gasteiger partial charge is 0.366 e. The molecule has 1 N–H and O–H groups in total. The summed E-state index contributed by atoms with van der Waals surface area (Å²) in [7, 11) is 1.75. The maximum absolute atomic E-state index is 10.9. The molecule has 1 saturated heterocycles. The molecule has 1 unspecified atom stereocenters. The Morgan fingerprint density at radius 3 is 2.74 bits per heavy atom. The molecule has 1 aromatic carbocycles. The van der Waals surface area contributed by atoms with Gasteiger partial charge in [0.15, 0.2) is 5.72 Å². The number of aliphatic imine (C=N–C) groups is 1. The van der Waals surface area contributed by atoms with Gasteiger partial charge in [-0.2, -0.15) is 0 Å². The molecule has 0 aliphatic carbocycles. The zero-order valence-electron chi connectivity index (χ0n) is 11.2. The first-order valence-corrected chi connectivity index (χ1v) is 7.70. The average Bonchev–Trinajstić information content (AvgIpc) is 2.70. The Bertz CT molecular complexity index is 487. The van der Waals surface area contributed by atoms with Crippen molar-refractivity contribution in [3.63, 3.8) is 0 Å². The number of hydrogen-bond acceptors (Lipinski definition) is 4. The number of hydrogen-bond donors (Lipinski definition) is 1. The topological polar surface area (TPSA) is 35.8 Å². The number of aliphatic hydroxyl groups is 1. The molecule has 0 spiro atoms. The predicted molar refractivity (Wildman–Crippen MR) is 85.9 cm³/mol. The average molecular weight is 294 g/mol. The molecule has 5 heteroatoms. The van der Waals surface area contributed by atoms with Crippen molar-refractivity contribution >= 4 is 34.5 Å².